The Kier molecular flexibility index (Phi) is 4.49. The van der Waals surface area contributed by atoms with Gasteiger partial charge in [0, 0.05) is 19.0 Å². The summed E-state index contributed by atoms with van der Waals surface area (Å²) in [5.74, 6) is 0.629. The smallest absolute Gasteiger partial charge is 0.212 e. The molecule has 13 heavy (non-hydrogen) atoms. The van der Waals surface area contributed by atoms with E-state index < -0.39 is 10.0 Å². The summed E-state index contributed by atoms with van der Waals surface area (Å²) in [5.41, 5.74) is 0. The summed E-state index contributed by atoms with van der Waals surface area (Å²) in [6.45, 7) is 1.40. The zero-order valence-corrected chi connectivity index (χ0v) is 9.28. The molecule has 0 saturated carbocycles. The fraction of sp³-hybridized carbons (Fsp3) is 1.00. The Labute approximate surface area is 85.1 Å². The van der Waals surface area contributed by atoms with Crippen LogP contribution in [-0.2, 0) is 10.0 Å². The molecule has 0 amide bonds. The average Bonchev–Trinajstić information content (AvgIpc) is 2.16. The van der Waals surface area contributed by atoms with Gasteiger partial charge in [-0.3, -0.25) is 0 Å². The zero-order chi connectivity index (χ0) is 9.73. The molecule has 0 bridgehead atoms. The number of halogens is 1. The van der Waals surface area contributed by atoms with Crippen LogP contribution in [0, 0.1) is 0 Å². The predicted octanol–water partition coefficient (Wildman–Crippen LogP) is 1.43. The lowest BCUT2D eigenvalue weighted by Crippen LogP contribution is -2.37. The van der Waals surface area contributed by atoms with Gasteiger partial charge in [-0.1, -0.05) is 6.42 Å². The van der Waals surface area contributed by atoms with E-state index in [1.165, 1.54) is 0 Å². The number of nitrogens with zero attached hydrogens (tertiary/aromatic N) is 1. The molecule has 0 aromatic carbocycles. The largest absolute Gasteiger partial charge is 0.214 e. The third-order valence-corrected chi connectivity index (χ3v) is 4.47. The average molecular weight is 226 g/mol. The second-order valence-corrected chi connectivity index (χ2v) is 5.78. The van der Waals surface area contributed by atoms with Crippen molar-refractivity contribution in [3.05, 3.63) is 0 Å². The maximum absolute atomic E-state index is 11.6. The number of alkyl halides is 1. The van der Waals surface area contributed by atoms with Gasteiger partial charge in [0.05, 0.1) is 5.75 Å². The molecule has 1 aliphatic rings. The summed E-state index contributed by atoms with van der Waals surface area (Å²) >= 11 is 5.46. The van der Waals surface area contributed by atoms with Crippen molar-refractivity contribution < 1.29 is 8.42 Å². The minimum absolute atomic E-state index is 0.205. The lowest BCUT2D eigenvalue weighted by molar-refractivity contribution is 0.346. The molecule has 5 heteroatoms. The molecule has 0 aromatic heterocycles. The number of piperidine rings is 1. The van der Waals surface area contributed by atoms with Crippen molar-refractivity contribution >= 4 is 21.6 Å². The topological polar surface area (TPSA) is 37.4 Å². The molecule has 0 aromatic rings. The van der Waals surface area contributed by atoms with Gasteiger partial charge in [-0.2, -0.15) is 0 Å². The van der Waals surface area contributed by atoms with E-state index in [-0.39, 0.29) is 5.75 Å². The highest BCUT2D eigenvalue weighted by atomic mass is 35.5. The number of sulfonamides is 1. The van der Waals surface area contributed by atoms with Crippen LogP contribution in [0.2, 0.25) is 0 Å². The van der Waals surface area contributed by atoms with Gasteiger partial charge in [-0.05, 0) is 19.3 Å². The van der Waals surface area contributed by atoms with E-state index in [9.17, 15) is 8.42 Å². The van der Waals surface area contributed by atoms with Crippen LogP contribution in [0.3, 0.4) is 0 Å². The second kappa shape index (κ2) is 5.17. The third-order valence-electron chi connectivity index (χ3n) is 2.24. The van der Waals surface area contributed by atoms with E-state index in [1.54, 1.807) is 4.31 Å². The van der Waals surface area contributed by atoms with E-state index in [2.05, 4.69) is 0 Å². The van der Waals surface area contributed by atoms with Crippen LogP contribution in [0.1, 0.15) is 25.7 Å². The van der Waals surface area contributed by atoms with Crippen molar-refractivity contribution in [3.8, 4) is 0 Å². The van der Waals surface area contributed by atoms with Gasteiger partial charge < -0.3 is 0 Å². The highest BCUT2D eigenvalue weighted by Gasteiger charge is 2.22. The quantitative estimate of drug-likeness (QED) is 0.679. The molecule has 78 valence electrons. The van der Waals surface area contributed by atoms with E-state index in [0.717, 1.165) is 19.3 Å². The Morgan fingerprint density at radius 3 is 2.31 bits per heavy atom. The van der Waals surface area contributed by atoms with Crippen LogP contribution in [0.25, 0.3) is 0 Å². The minimum Gasteiger partial charge on any atom is -0.212 e. The predicted molar refractivity (Wildman–Crippen MR) is 54.5 cm³/mol. The fourth-order valence-corrected chi connectivity index (χ4v) is 3.38. The van der Waals surface area contributed by atoms with Crippen molar-refractivity contribution in [3.63, 3.8) is 0 Å². The van der Waals surface area contributed by atoms with Crippen LogP contribution < -0.4 is 0 Å². The van der Waals surface area contributed by atoms with Crippen molar-refractivity contribution in [2.45, 2.75) is 25.7 Å². The summed E-state index contributed by atoms with van der Waals surface area (Å²) in [4.78, 5) is 0. The van der Waals surface area contributed by atoms with Gasteiger partial charge in [-0.25, -0.2) is 12.7 Å². The van der Waals surface area contributed by atoms with E-state index in [0.29, 0.717) is 25.4 Å². The van der Waals surface area contributed by atoms with Crippen molar-refractivity contribution in [2.75, 3.05) is 24.7 Å². The normalized spacial score (nSPS) is 20.4. The summed E-state index contributed by atoms with van der Waals surface area (Å²) < 4.78 is 24.8. The molecule has 1 aliphatic heterocycles. The molecular formula is C8H16ClNO2S. The van der Waals surface area contributed by atoms with E-state index >= 15 is 0 Å². The Bertz CT molecular complexity index is 235. The summed E-state index contributed by atoms with van der Waals surface area (Å²) in [6.07, 6.45) is 3.71. The highest BCUT2D eigenvalue weighted by Crippen LogP contribution is 2.13. The summed E-state index contributed by atoms with van der Waals surface area (Å²) in [5, 5.41) is 0. The van der Waals surface area contributed by atoms with Gasteiger partial charge in [0.15, 0.2) is 0 Å². The molecule has 0 unspecified atom stereocenters. The Balaban J connectivity index is 2.47. The SMILES string of the molecule is O=S(=O)(CCCCl)N1CCCCC1. The van der Waals surface area contributed by atoms with Crippen LogP contribution in [0.15, 0.2) is 0 Å². The molecule has 1 heterocycles. The van der Waals surface area contributed by atoms with Gasteiger partial charge >= 0.3 is 0 Å². The first-order chi connectivity index (χ1) is 6.17. The second-order valence-electron chi connectivity index (χ2n) is 3.32. The number of hydrogen-bond donors (Lipinski definition) is 0. The molecule has 1 rings (SSSR count). The van der Waals surface area contributed by atoms with Gasteiger partial charge in [0.25, 0.3) is 0 Å². The standard InChI is InChI=1S/C8H16ClNO2S/c9-5-4-8-13(11,12)10-6-2-1-3-7-10/h1-8H2. The van der Waals surface area contributed by atoms with Crippen LogP contribution in [-0.4, -0.2) is 37.4 Å². The van der Waals surface area contributed by atoms with Crippen LogP contribution >= 0.6 is 11.6 Å². The van der Waals surface area contributed by atoms with Gasteiger partial charge in [0.1, 0.15) is 0 Å². The summed E-state index contributed by atoms with van der Waals surface area (Å²) in [7, 11) is -3.00. The fourth-order valence-electron chi connectivity index (χ4n) is 1.51. The molecule has 3 nitrogen and oxygen atoms in total. The highest BCUT2D eigenvalue weighted by molar-refractivity contribution is 7.89. The molecule has 0 radical (unpaired) electrons. The van der Waals surface area contributed by atoms with Crippen molar-refractivity contribution in [1.82, 2.24) is 4.31 Å². The summed E-state index contributed by atoms with van der Waals surface area (Å²) in [6, 6.07) is 0. The minimum atomic E-state index is -3.00. The monoisotopic (exact) mass is 225 g/mol. The van der Waals surface area contributed by atoms with Crippen molar-refractivity contribution in [2.24, 2.45) is 0 Å². The first kappa shape index (κ1) is 11.3. The van der Waals surface area contributed by atoms with Gasteiger partial charge in [-0.15, -0.1) is 11.6 Å². The molecule has 0 N–H and O–H groups in total. The Hall–Kier alpha value is 0.200. The van der Waals surface area contributed by atoms with Gasteiger partial charge in [0.2, 0.25) is 10.0 Å². The first-order valence-electron chi connectivity index (χ1n) is 4.70. The Morgan fingerprint density at radius 1 is 1.15 bits per heavy atom. The molecule has 0 atom stereocenters. The molecule has 0 spiro atoms. The lowest BCUT2D eigenvalue weighted by atomic mass is 10.2. The number of rotatable bonds is 4. The number of hydrogen-bond acceptors (Lipinski definition) is 2. The van der Waals surface area contributed by atoms with E-state index in [1.807, 2.05) is 0 Å². The Morgan fingerprint density at radius 2 is 1.77 bits per heavy atom. The maximum Gasteiger partial charge on any atom is 0.214 e. The van der Waals surface area contributed by atoms with Crippen LogP contribution in [0.5, 0.6) is 0 Å². The molecule has 1 saturated heterocycles. The van der Waals surface area contributed by atoms with Crippen molar-refractivity contribution in [1.29, 1.82) is 0 Å². The lowest BCUT2D eigenvalue weighted by Gasteiger charge is -2.25. The zero-order valence-electron chi connectivity index (χ0n) is 7.71. The van der Waals surface area contributed by atoms with E-state index in [4.69, 9.17) is 11.6 Å². The molecule has 0 aliphatic carbocycles. The molecular weight excluding hydrogens is 210 g/mol. The van der Waals surface area contributed by atoms with Crippen LogP contribution in [0.4, 0.5) is 0 Å². The maximum atomic E-state index is 11.6. The third kappa shape index (κ3) is 3.44. The molecule has 1 fully saturated rings. The first-order valence-corrected chi connectivity index (χ1v) is 6.85.